The first kappa shape index (κ1) is 18.7. The lowest BCUT2D eigenvalue weighted by molar-refractivity contribution is -0.117. The van der Waals surface area contributed by atoms with Crippen LogP contribution in [0.4, 0.5) is 23.1 Å². The van der Waals surface area contributed by atoms with Crippen LogP contribution in [0, 0.1) is 11.8 Å². The molecular weight excluding hydrogens is 386 g/mol. The molecule has 2 heterocycles. The topological polar surface area (TPSA) is 61.4 Å². The summed E-state index contributed by atoms with van der Waals surface area (Å²) in [5.41, 5.74) is 2.85. The summed E-state index contributed by atoms with van der Waals surface area (Å²) in [5.74, 6) is 3.14. The molecule has 0 radical (unpaired) electrons. The third kappa shape index (κ3) is 3.44. The van der Waals surface area contributed by atoms with Crippen LogP contribution in [0.15, 0.2) is 24.4 Å². The van der Waals surface area contributed by atoms with Crippen LogP contribution in [0.3, 0.4) is 0 Å². The highest BCUT2D eigenvalue weighted by Gasteiger charge is 2.36. The fraction of sp³-hybridized carbons (Fsp3) is 0.500. The molecule has 1 aromatic heterocycles. The zero-order valence-electron chi connectivity index (χ0n) is 16.9. The second-order valence-electron chi connectivity index (χ2n) is 8.75. The second-order valence-corrected chi connectivity index (χ2v) is 9.15. The van der Waals surface area contributed by atoms with Crippen molar-refractivity contribution in [1.82, 2.24) is 9.97 Å². The summed E-state index contributed by atoms with van der Waals surface area (Å²) in [7, 11) is 3.90. The first-order valence-corrected chi connectivity index (χ1v) is 10.8. The molecule has 2 aliphatic carbocycles. The van der Waals surface area contributed by atoms with Gasteiger partial charge in [0.1, 0.15) is 5.02 Å². The van der Waals surface area contributed by atoms with Gasteiger partial charge in [0.25, 0.3) is 0 Å². The van der Waals surface area contributed by atoms with Crippen LogP contribution in [-0.2, 0) is 11.2 Å². The van der Waals surface area contributed by atoms with Gasteiger partial charge in [-0.2, -0.15) is 4.98 Å². The molecule has 0 saturated heterocycles. The average molecular weight is 412 g/mol. The molecule has 2 fully saturated rings. The minimum absolute atomic E-state index is 0.113. The van der Waals surface area contributed by atoms with E-state index in [0.29, 0.717) is 29.3 Å². The maximum Gasteiger partial charge on any atom is 0.231 e. The van der Waals surface area contributed by atoms with Gasteiger partial charge in [0, 0.05) is 31.5 Å². The first-order chi connectivity index (χ1) is 14.0. The Morgan fingerprint density at radius 2 is 1.97 bits per heavy atom. The van der Waals surface area contributed by atoms with E-state index in [2.05, 4.69) is 22.2 Å². The number of fused-ring (bicyclic) bond motifs is 3. The monoisotopic (exact) mass is 411 g/mol. The van der Waals surface area contributed by atoms with Gasteiger partial charge in [0.15, 0.2) is 5.82 Å². The van der Waals surface area contributed by atoms with Crippen molar-refractivity contribution in [3.63, 3.8) is 0 Å². The van der Waals surface area contributed by atoms with Crippen LogP contribution in [0.5, 0.6) is 0 Å². The van der Waals surface area contributed by atoms with Crippen molar-refractivity contribution in [3.8, 4) is 0 Å². The predicted octanol–water partition coefficient (Wildman–Crippen LogP) is 4.41. The molecule has 2 aromatic rings. The van der Waals surface area contributed by atoms with Crippen molar-refractivity contribution in [2.45, 2.75) is 44.6 Å². The Hall–Kier alpha value is -2.34. The van der Waals surface area contributed by atoms with E-state index in [-0.39, 0.29) is 5.91 Å². The summed E-state index contributed by atoms with van der Waals surface area (Å²) in [5, 5.41) is 3.81. The van der Waals surface area contributed by atoms with Gasteiger partial charge in [-0.15, -0.1) is 0 Å². The number of anilines is 4. The largest absolute Gasteiger partial charge is 0.341 e. The zero-order valence-corrected chi connectivity index (χ0v) is 17.6. The fourth-order valence-electron chi connectivity index (χ4n) is 5.25. The van der Waals surface area contributed by atoms with Gasteiger partial charge in [-0.25, -0.2) is 4.98 Å². The summed E-state index contributed by atoms with van der Waals surface area (Å²) in [6, 6.07) is 6.41. The number of nitrogens with zero attached hydrogens (tertiary/aromatic N) is 4. The van der Waals surface area contributed by atoms with Crippen molar-refractivity contribution < 1.29 is 4.79 Å². The number of carbonyl (C=O) groups excluding carboxylic acids is 1. The molecule has 2 saturated carbocycles. The number of carbonyl (C=O) groups is 1. The molecule has 3 aliphatic rings. The Morgan fingerprint density at radius 1 is 1.21 bits per heavy atom. The Kier molecular flexibility index (Phi) is 4.62. The Bertz CT molecular complexity index is 952. The highest BCUT2D eigenvalue weighted by molar-refractivity contribution is 6.32. The molecule has 152 valence electrons. The van der Waals surface area contributed by atoms with Crippen molar-refractivity contribution in [3.05, 3.63) is 35.0 Å². The zero-order chi connectivity index (χ0) is 20.1. The number of hydrogen-bond donors (Lipinski definition) is 1. The molecule has 1 aromatic carbocycles. The number of likely N-dealkylation sites (N-methyl/N-ethyl adjacent to an activating group) is 1. The molecule has 1 amide bonds. The fourth-order valence-corrected chi connectivity index (χ4v) is 5.39. The summed E-state index contributed by atoms with van der Waals surface area (Å²) in [4.78, 5) is 25.1. The molecule has 2 bridgehead atoms. The van der Waals surface area contributed by atoms with Gasteiger partial charge >= 0.3 is 0 Å². The SMILES string of the molecule is CN1C(=O)Cc2cc(Nc3nc(N(C)C4C[C@H]5CC[C@@H](C4)C5)ncc3Cl)ccc21. The number of nitrogens with one attached hydrogen (secondary N) is 1. The summed E-state index contributed by atoms with van der Waals surface area (Å²) in [6.45, 7) is 0. The van der Waals surface area contributed by atoms with Crippen LogP contribution >= 0.6 is 11.6 Å². The maximum absolute atomic E-state index is 11.9. The normalized spacial score (nSPS) is 25.3. The molecule has 1 N–H and O–H groups in total. The van der Waals surface area contributed by atoms with E-state index in [1.165, 1.54) is 32.1 Å². The first-order valence-electron chi connectivity index (χ1n) is 10.4. The molecule has 0 spiro atoms. The van der Waals surface area contributed by atoms with E-state index in [9.17, 15) is 4.79 Å². The molecule has 1 aliphatic heterocycles. The number of rotatable bonds is 4. The number of hydrogen-bond acceptors (Lipinski definition) is 5. The maximum atomic E-state index is 11.9. The highest BCUT2D eigenvalue weighted by atomic mass is 35.5. The molecule has 5 rings (SSSR count). The van der Waals surface area contributed by atoms with E-state index in [1.54, 1.807) is 11.1 Å². The number of halogens is 1. The molecule has 7 heteroatoms. The van der Waals surface area contributed by atoms with Crippen LogP contribution in [0.25, 0.3) is 0 Å². The third-order valence-corrected chi connectivity index (χ3v) is 7.15. The van der Waals surface area contributed by atoms with E-state index in [4.69, 9.17) is 16.6 Å². The number of aromatic nitrogens is 2. The standard InChI is InChI=1S/C22H26ClN5O/c1-27(17-8-13-3-4-14(7-13)9-17)22-24-12-18(23)21(26-22)25-16-5-6-19-15(10-16)11-20(29)28(19)2/h5-6,10,12-14,17H,3-4,7-9,11H2,1-2H3,(H,24,25,26)/t13-,14+,17?. The van der Waals surface area contributed by atoms with Crippen LogP contribution in [-0.4, -0.2) is 36.0 Å². The molecule has 3 atom stereocenters. The van der Waals surface area contributed by atoms with Crippen molar-refractivity contribution in [2.75, 3.05) is 29.2 Å². The van der Waals surface area contributed by atoms with Crippen molar-refractivity contribution in [1.29, 1.82) is 0 Å². The van der Waals surface area contributed by atoms with Crippen LogP contribution < -0.4 is 15.1 Å². The quantitative estimate of drug-likeness (QED) is 0.807. The second kappa shape index (κ2) is 7.17. The van der Waals surface area contributed by atoms with Crippen molar-refractivity contribution >= 4 is 40.6 Å². The molecule has 29 heavy (non-hydrogen) atoms. The van der Waals surface area contributed by atoms with Crippen LogP contribution in [0.2, 0.25) is 5.02 Å². The lowest BCUT2D eigenvalue weighted by Crippen LogP contribution is -2.37. The number of benzene rings is 1. The Balaban J connectivity index is 1.36. The molecular formula is C22H26ClN5O. The van der Waals surface area contributed by atoms with Gasteiger partial charge in [-0.3, -0.25) is 4.79 Å². The van der Waals surface area contributed by atoms with Gasteiger partial charge in [0.05, 0.1) is 12.6 Å². The highest BCUT2D eigenvalue weighted by Crippen LogP contribution is 2.43. The average Bonchev–Trinajstić information content (AvgIpc) is 3.20. The van der Waals surface area contributed by atoms with Crippen molar-refractivity contribution in [2.24, 2.45) is 11.8 Å². The van der Waals surface area contributed by atoms with E-state index >= 15 is 0 Å². The Morgan fingerprint density at radius 3 is 2.72 bits per heavy atom. The lowest BCUT2D eigenvalue weighted by Gasteiger charge is -2.35. The summed E-state index contributed by atoms with van der Waals surface area (Å²) < 4.78 is 0. The predicted molar refractivity (Wildman–Crippen MR) is 116 cm³/mol. The number of amides is 1. The van der Waals surface area contributed by atoms with E-state index in [0.717, 1.165) is 28.8 Å². The minimum atomic E-state index is 0.113. The third-order valence-electron chi connectivity index (χ3n) is 6.87. The van der Waals surface area contributed by atoms with Gasteiger partial charge < -0.3 is 15.1 Å². The summed E-state index contributed by atoms with van der Waals surface area (Å²) in [6.07, 6.45) is 8.71. The van der Waals surface area contributed by atoms with Gasteiger partial charge in [-0.05, 0) is 54.9 Å². The van der Waals surface area contributed by atoms with E-state index in [1.807, 2.05) is 25.2 Å². The van der Waals surface area contributed by atoms with Gasteiger partial charge in [-0.1, -0.05) is 24.4 Å². The summed E-state index contributed by atoms with van der Waals surface area (Å²) >= 11 is 6.39. The molecule has 6 nitrogen and oxygen atoms in total. The minimum Gasteiger partial charge on any atom is -0.341 e. The smallest absolute Gasteiger partial charge is 0.231 e. The van der Waals surface area contributed by atoms with Gasteiger partial charge in [0.2, 0.25) is 11.9 Å². The van der Waals surface area contributed by atoms with E-state index < -0.39 is 0 Å². The van der Waals surface area contributed by atoms with Crippen LogP contribution in [0.1, 0.15) is 37.7 Å². The lowest BCUT2D eigenvalue weighted by atomic mass is 9.85. The Labute approximate surface area is 176 Å². The molecule has 1 unspecified atom stereocenters.